The fraction of sp³-hybridized carbons (Fsp3) is 0.211. The van der Waals surface area contributed by atoms with Crippen molar-refractivity contribution in [1.29, 1.82) is 0 Å². The van der Waals surface area contributed by atoms with Gasteiger partial charge in [0.15, 0.2) is 0 Å². The van der Waals surface area contributed by atoms with Crippen LogP contribution in [0.2, 0.25) is 5.02 Å². The fourth-order valence-electron chi connectivity index (χ4n) is 2.62. The van der Waals surface area contributed by atoms with Crippen molar-refractivity contribution < 1.29 is 13.9 Å². The van der Waals surface area contributed by atoms with Crippen LogP contribution in [0.15, 0.2) is 41.0 Å². The molecule has 1 amide bonds. The highest BCUT2D eigenvalue weighted by molar-refractivity contribution is 6.31. The van der Waals surface area contributed by atoms with E-state index in [-0.39, 0.29) is 12.3 Å². The van der Waals surface area contributed by atoms with Crippen LogP contribution in [0, 0.1) is 13.8 Å². The summed E-state index contributed by atoms with van der Waals surface area (Å²) in [5.74, 6) is 0.393. The van der Waals surface area contributed by atoms with Gasteiger partial charge in [0.2, 0.25) is 5.91 Å². The normalized spacial score (nSPS) is 10.8. The Bertz CT molecular complexity index is 914. The highest BCUT2D eigenvalue weighted by Gasteiger charge is 2.14. The van der Waals surface area contributed by atoms with Crippen LogP contribution in [0.25, 0.3) is 11.0 Å². The van der Waals surface area contributed by atoms with E-state index in [1.54, 1.807) is 25.5 Å². The minimum absolute atomic E-state index is 0.140. The molecule has 5 heteroatoms. The highest BCUT2D eigenvalue weighted by Crippen LogP contribution is 2.31. The largest absolute Gasteiger partial charge is 0.495 e. The van der Waals surface area contributed by atoms with Crippen molar-refractivity contribution in [2.24, 2.45) is 0 Å². The summed E-state index contributed by atoms with van der Waals surface area (Å²) in [5.41, 5.74) is 4.24. The Labute approximate surface area is 145 Å². The van der Waals surface area contributed by atoms with E-state index in [9.17, 15) is 4.79 Å². The smallest absolute Gasteiger partial charge is 0.229 e. The van der Waals surface area contributed by atoms with Gasteiger partial charge in [0.25, 0.3) is 0 Å². The topological polar surface area (TPSA) is 51.5 Å². The van der Waals surface area contributed by atoms with Crippen molar-refractivity contribution in [3.63, 3.8) is 0 Å². The second kappa shape index (κ2) is 6.57. The molecule has 0 atom stereocenters. The van der Waals surface area contributed by atoms with E-state index in [4.69, 9.17) is 20.8 Å². The number of fused-ring (bicyclic) bond motifs is 1. The minimum Gasteiger partial charge on any atom is -0.495 e. The Hall–Kier alpha value is -2.46. The lowest BCUT2D eigenvalue weighted by atomic mass is 10.1. The molecule has 3 rings (SSSR count). The van der Waals surface area contributed by atoms with Crippen LogP contribution in [0.5, 0.6) is 5.75 Å². The molecule has 3 aromatic rings. The molecule has 1 N–H and O–H groups in total. The first-order valence-corrected chi connectivity index (χ1v) is 7.96. The number of anilines is 1. The van der Waals surface area contributed by atoms with Crippen LogP contribution >= 0.6 is 11.6 Å². The lowest BCUT2D eigenvalue weighted by molar-refractivity contribution is -0.115. The van der Waals surface area contributed by atoms with Crippen LogP contribution in [-0.4, -0.2) is 13.0 Å². The number of hydrogen-bond donors (Lipinski definition) is 1. The van der Waals surface area contributed by atoms with Crippen LogP contribution < -0.4 is 10.1 Å². The monoisotopic (exact) mass is 343 g/mol. The molecule has 4 nitrogen and oxygen atoms in total. The molecule has 0 spiro atoms. The van der Waals surface area contributed by atoms with E-state index in [0.29, 0.717) is 16.5 Å². The number of furan rings is 1. The average Bonchev–Trinajstić information content (AvgIpc) is 2.92. The van der Waals surface area contributed by atoms with Gasteiger partial charge in [-0.15, -0.1) is 0 Å². The molecule has 124 valence electrons. The highest BCUT2D eigenvalue weighted by atomic mass is 35.5. The molecular weight excluding hydrogens is 326 g/mol. The Morgan fingerprint density at radius 2 is 2.04 bits per heavy atom. The van der Waals surface area contributed by atoms with Gasteiger partial charge in [-0.2, -0.15) is 0 Å². The summed E-state index contributed by atoms with van der Waals surface area (Å²) in [4.78, 5) is 12.4. The van der Waals surface area contributed by atoms with Gasteiger partial charge in [-0.25, -0.2) is 0 Å². The number of rotatable bonds is 4. The van der Waals surface area contributed by atoms with Gasteiger partial charge in [-0.05, 0) is 37.1 Å². The van der Waals surface area contributed by atoms with Crippen molar-refractivity contribution in [2.45, 2.75) is 20.3 Å². The second-order valence-electron chi connectivity index (χ2n) is 5.79. The predicted octanol–water partition coefficient (Wildman–Crippen LogP) is 4.89. The summed E-state index contributed by atoms with van der Waals surface area (Å²) >= 11 is 6.09. The summed E-state index contributed by atoms with van der Waals surface area (Å²) in [6, 6.07) is 9.44. The Kier molecular flexibility index (Phi) is 4.49. The molecule has 0 radical (unpaired) electrons. The summed E-state index contributed by atoms with van der Waals surface area (Å²) in [6.45, 7) is 3.88. The van der Waals surface area contributed by atoms with E-state index in [1.807, 2.05) is 32.0 Å². The number of methoxy groups -OCH3 is 1. The lowest BCUT2D eigenvalue weighted by Crippen LogP contribution is -2.15. The number of halogens is 1. The number of benzene rings is 2. The SMILES string of the molecule is COc1cc(Cl)c(C)cc1NC(=O)Cc1coc2cc(C)ccc12. The van der Waals surface area contributed by atoms with Crippen molar-refractivity contribution in [2.75, 3.05) is 12.4 Å². The number of nitrogens with one attached hydrogen (secondary N) is 1. The molecule has 0 saturated heterocycles. The molecule has 24 heavy (non-hydrogen) atoms. The van der Waals surface area contributed by atoms with Crippen LogP contribution in [-0.2, 0) is 11.2 Å². The van der Waals surface area contributed by atoms with E-state index in [1.165, 1.54) is 0 Å². The predicted molar refractivity (Wildman–Crippen MR) is 96.0 cm³/mol. The van der Waals surface area contributed by atoms with Crippen molar-refractivity contribution in [3.05, 3.63) is 58.3 Å². The number of amides is 1. The van der Waals surface area contributed by atoms with Gasteiger partial charge in [0.05, 0.1) is 25.5 Å². The molecule has 0 aliphatic heterocycles. The molecule has 0 aliphatic rings. The van der Waals surface area contributed by atoms with E-state index >= 15 is 0 Å². The van der Waals surface area contributed by atoms with Gasteiger partial charge < -0.3 is 14.5 Å². The number of carbonyl (C=O) groups is 1. The number of hydrogen-bond acceptors (Lipinski definition) is 3. The van der Waals surface area contributed by atoms with Crippen LogP contribution in [0.1, 0.15) is 16.7 Å². The van der Waals surface area contributed by atoms with Gasteiger partial charge in [-0.3, -0.25) is 4.79 Å². The third-order valence-electron chi connectivity index (χ3n) is 3.92. The first-order valence-electron chi connectivity index (χ1n) is 7.58. The Morgan fingerprint density at radius 3 is 2.79 bits per heavy atom. The standard InChI is InChI=1S/C19H18ClNO3/c1-11-4-5-14-13(10-24-17(14)6-11)8-19(22)21-16-7-12(2)15(20)9-18(16)23-3/h4-7,9-10H,8H2,1-3H3,(H,21,22). The third kappa shape index (κ3) is 3.24. The van der Waals surface area contributed by atoms with Crippen molar-refractivity contribution in [3.8, 4) is 5.75 Å². The van der Waals surface area contributed by atoms with Crippen LogP contribution in [0.3, 0.4) is 0 Å². The van der Waals surface area contributed by atoms with Gasteiger partial charge in [0.1, 0.15) is 11.3 Å². The Morgan fingerprint density at radius 1 is 1.25 bits per heavy atom. The molecule has 0 unspecified atom stereocenters. The molecule has 0 aliphatic carbocycles. The minimum atomic E-state index is -0.140. The summed E-state index contributed by atoms with van der Waals surface area (Å²) in [6.07, 6.45) is 1.86. The number of aryl methyl sites for hydroxylation is 2. The molecule has 2 aromatic carbocycles. The first kappa shape index (κ1) is 16.4. The summed E-state index contributed by atoms with van der Waals surface area (Å²) in [5, 5.41) is 4.43. The summed E-state index contributed by atoms with van der Waals surface area (Å²) in [7, 11) is 1.54. The van der Waals surface area contributed by atoms with E-state index in [2.05, 4.69) is 5.32 Å². The second-order valence-corrected chi connectivity index (χ2v) is 6.19. The van der Waals surface area contributed by atoms with Crippen molar-refractivity contribution in [1.82, 2.24) is 0 Å². The molecule has 0 fully saturated rings. The maximum atomic E-state index is 12.4. The van der Waals surface area contributed by atoms with Crippen molar-refractivity contribution >= 4 is 34.2 Å². The molecular formula is C19H18ClNO3. The molecule has 1 aromatic heterocycles. The Balaban J connectivity index is 1.81. The maximum Gasteiger partial charge on any atom is 0.229 e. The first-order chi connectivity index (χ1) is 11.5. The van der Waals surface area contributed by atoms with Gasteiger partial charge >= 0.3 is 0 Å². The lowest BCUT2D eigenvalue weighted by Gasteiger charge is -2.12. The van der Waals surface area contributed by atoms with Gasteiger partial charge in [0, 0.05) is 22.0 Å². The zero-order valence-electron chi connectivity index (χ0n) is 13.8. The quantitative estimate of drug-likeness (QED) is 0.733. The zero-order valence-corrected chi connectivity index (χ0v) is 14.5. The number of ether oxygens (including phenoxy) is 1. The fourth-order valence-corrected chi connectivity index (χ4v) is 2.78. The molecule has 0 saturated carbocycles. The van der Waals surface area contributed by atoms with Crippen LogP contribution in [0.4, 0.5) is 5.69 Å². The molecule has 0 bridgehead atoms. The average molecular weight is 344 g/mol. The zero-order chi connectivity index (χ0) is 17.3. The van der Waals surface area contributed by atoms with E-state index < -0.39 is 0 Å². The molecule has 1 heterocycles. The summed E-state index contributed by atoms with van der Waals surface area (Å²) < 4.78 is 10.8. The third-order valence-corrected chi connectivity index (χ3v) is 4.32. The maximum absolute atomic E-state index is 12.4. The van der Waals surface area contributed by atoms with E-state index in [0.717, 1.165) is 27.7 Å². The van der Waals surface area contributed by atoms with Gasteiger partial charge in [-0.1, -0.05) is 23.7 Å². The number of carbonyl (C=O) groups excluding carboxylic acids is 1.